The molecule has 1 atom stereocenters. The van der Waals surface area contributed by atoms with Crippen LogP contribution in [0.2, 0.25) is 0 Å². The summed E-state index contributed by atoms with van der Waals surface area (Å²) < 4.78 is 0. The number of rotatable bonds is 4. The molecule has 14 heavy (non-hydrogen) atoms. The molecular formula is C10H14N2OS. The first-order valence-electron chi connectivity index (χ1n) is 4.38. The minimum atomic E-state index is -0.271. The molecule has 0 aliphatic rings. The molecule has 4 heteroatoms. The third-order valence-corrected chi connectivity index (χ3v) is 3.24. The standard InChI is InChI=1S/C10H14N2OS/c1-7(10(12)13)6-14-9-5-3-2-4-8(9)11/h2-5,7H,6,11H2,1H3,(H2,12,13). The highest BCUT2D eigenvalue weighted by molar-refractivity contribution is 7.99. The van der Waals surface area contributed by atoms with Crippen molar-refractivity contribution in [3.8, 4) is 0 Å². The third-order valence-electron chi connectivity index (χ3n) is 1.89. The van der Waals surface area contributed by atoms with Gasteiger partial charge in [0.2, 0.25) is 5.91 Å². The van der Waals surface area contributed by atoms with Crippen molar-refractivity contribution in [2.24, 2.45) is 11.7 Å². The van der Waals surface area contributed by atoms with Crippen molar-refractivity contribution in [2.45, 2.75) is 11.8 Å². The van der Waals surface area contributed by atoms with Gasteiger partial charge in [-0.3, -0.25) is 4.79 Å². The minimum absolute atomic E-state index is 0.125. The molecule has 0 aromatic heterocycles. The minimum Gasteiger partial charge on any atom is -0.398 e. The summed E-state index contributed by atoms with van der Waals surface area (Å²) in [5.74, 6) is 0.274. The van der Waals surface area contributed by atoms with Crippen LogP contribution in [0.15, 0.2) is 29.2 Å². The zero-order valence-electron chi connectivity index (χ0n) is 8.07. The van der Waals surface area contributed by atoms with Crippen LogP contribution in [0, 0.1) is 5.92 Å². The van der Waals surface area contributed by atoms with Crippen LogP contribution in [-0.2, 0) is 4.79 Å². The van der Waals surface area contributed by atoms with Gasteiger partial charge in [-0.2, -0.15) is 0 Å². The summed E-state index contributed by atoms with van der Waals surface area (Å²) in [6.07, 6.45) is 0. The molecule has 0 saturated carbocycles. The summed E-state index contributed by atoms with van der Waals surface area (Å²) in [7, 11) is 0. The predicted octanol–water partition coefficient (Wildman–Crippen LogP) is 1.48. The van der Waals surface area contributed by atoms with Crippen molar-refractivity contribution in [3.63, 3.8) is 0 Å². The highest BCUT2D eigenvalue weighted by Crippen LogP contribution is 2.25. The highest BCUT2D eigenvalue weighted by Gasteiger charge is 2.09. The zero-order valence-corrected chi connectivity index (χ0v) is 8.88. The molecule has 0 aliphatic carbocycles. The van der Waals surface area contributed by atoms with Gasteiger partial charge in [-0.25, -0.2) is 0 Å². The van der Waals surface area contributed by atoms with Crippen LogP contribution >= 0.6 is 11.8 Å². The van der Waals surface area contributed by atoms with E-state index in [0.717, 1.165) is 10.6 Å². The first-order valence-corrected chi connectivity index (χ1v) is 5.36. The van der Waals surface area contributed by atoms with Gasteiger partial charge in [0.15, 0.2) is 0 Å². The summed E-state index contributed by atoms with van der Waals surface area (Å²) >= 11 is 1.56. The number of benzene rings is 1. The van der Waals surface area contributed by atoms with Crippen LogP contribution in [0.3, 0.4) is 0 Å². The number of carbonyl (C=O) groups is 1. The highest BCUT2D eigenvalue weighted by atomic mass is 32.2. The van der Waals surface area contributed by atoms with Crippen molar-refractivity contribution >= 4 is 23.4 Å². The van der Waals surface area contributed by atoms with Crippen molar-refractivity contribution in [1.29, 1.82) is 0 Å². The number of nitrogen functional groups attached to an aromatic ring is 1. The lowest BCUT2D eigenvalue weighted by Crippen LogP contribution is -2.22. The van der Waals surface area contributed by atoms with Gasteiger partial charge in [-0.15, -0.1) is 11.8 Å². The van der Waals surface area contributed by atoms with Gasteiger partial charge in [0.1, 0.15) is 0 Å². The van der Waals surface area contributed by atoms with Crippen LogP contribution < -0.4 is 11.5 Å². The Bertz CT molecular complexity index is 328. The van der Waals surface area contributed by atoms with E-state index < -0.39 is 0 Å². The molecular weight excluding hydrogens is 196 g/mol. The van der Waals surface area contributed by atoms with Crippen LogP contribution in [-0.4, -0.2) is 11.7 Å². The van der Waals surface area contributed by atoms with Gasteiger partial charge >= 0.3 is 0 Å². The van der Waals surface area contributed by atoms with Crippen molar-refractivity contribution in [2.75, 3.05) is 11.5 Å². The summed E-state index contributed by atoms with van der Waals surface area (Å²) in [6, 6.07) is 7.59. The lowest BCUT2D eigenvalue weighted by atomic mass is 10.2. The van der Waals surface area contributed by atoms with E-state index in [1.807, 2.05) is 31.2 Å². The zero-order chi connectivity index (χ0) is 10.6. The second kappa shape index (κ2) is 4.91. The molecule has 4 N–H and O–H groups in total. The molecule has 0 bridgehead atoms. The number of amides is 1. The summed E-state index contributed by atoms with van der Waals surface area (Å²) in [6.45, 7) is 1.81. The van der Waals surface area contributed by atoms with Crippen LogP contribution in [0.25, 0.3) is 0 Å². The van der Waals surface area contributed by atoms with Crippen molar-refractivity contribution in [1.82, 2.24) is 0 Å². The van der Waals surface area contributed by atoms with Crippen molar-refractivity contribution < 1.29 is 4.79 Å². The quantitative estimate of drug-likeness (QED) is 0.584. The Morgan fingerprint density at radius 1 is 1.50 bits per heavy atom. The smallest absolute Gasteiger partial charge is 0.221 e. The van der Waals surface area contributed by atoms with E-state index in [1.165, 1.54) is 0 Å². The molecule has 0 fully saturated rings. The Morgan fingerprint density at radius 2 is 2.14 bits per heavy atom. The Balaban J connectivity index is 2.54. The van der Waals surface area contributed by atoms with Gasteiger partial charge in [0, 0.05) is 22.3 Å². The average Bonchev–Trinajstić information content (AvgIpc) is 2.16. The first-order chi connectivity index (χ1) is 6.61. The molecule has 0 saturated heterocycles. The first kappa shape index (κ1) is 10.9. The molecule has 0 spiro atoms. The molecule has 0 radical (unpaired) electrons. The van der Waals surface area contributed by atoms with Gasteiger partial charge in [0.25, 0.3) is 0 Å². The summed E-state index contributed by atoms with van der Waals surface area (Å²) in [4.78, 5) is 11.8. The SMILES string of the molecule is CC(CSc1ccccc1N)C(N)=O. The number of para-hydroxylation sites is 1. The van der Waals surface area contributed by atoms with Crippen molar-refractivity contribution in [3.05, 3.63) is 24.3 Å². The van der Waals surface area contributed by atoms with E-state index in [9.17, 15) is 4.79 Å². The Labute approximate surface area is 87.9 Å². The third kappa shape index (κ3) is 2.96. The molecule has 3 nitrogen and oxygen atoms in total. The molecule has 0 heterocycles. The molecule has 1 rings (SSSR count). The molecule has 1 aromatic rings. The van der Waals surface area contributed by atoms with E-state index >= 15 is 0 Å². The predicted molar refractivity (Wildman–Crippen MR) is 59.9 cm³/mol. The van der Waals surface area contributed by atoms with E-state index in [0.29, 0.717) is 5.75 Å². The van der Waals surface area contributed by atoms with E-state index in [-0.39, 0.29) is 11.8 Å². The monoisotopic (exact) mass is 210 g/mol. The number of carbonyl (C=O) groups excluding carboxylic acids is 1. The van der Waals surface area contributed by atoms with Gasteiger partial charge in [0.05, 0.1) is 0 Å². The maximum Gasteiger partial charge on any atom is 0.221 e. The Kier molecular flexibility index (Phi) is 3.83. The fourth-order valence-corrected chi connectivity index (χ4v) is 1.91. The maximum absolute atomic E-state index is 10.8. The fourth-order valence-electron chi connectivity index (χ4n) is 0.909. The average molecular weight is 210 g/mol. The second-order valence-electron chi connectivity index (χ2n) is 3.15. The molecule has 1 amide bonds. The molecule has 0 aliphatic heterocycles. The number of anilines is 1. The van der Waals surface area contributed by atoms with Gasteiger partial charge in [-0.05, 0) is 12.1 Å². The number of hydrogen-bond donors (Lipinski definition) is 2. The summed E-state index contributed by atoms with van der Waals surface area (Å²) in [5.41, 5.74) is 11.6. The van der Waals surface area contributed by atoms with Gasteiger partial charge in [-0.1, -0.05) is 19.1 Å². The Morgan fingerprint density at radius 3 is 2.71 bits per heavy atom. The number of nitrogens with two attached hydrogens (primary N) is 2. The lowest BCUT2D eigenvalue weighted by Gasteiger charge is -2.08. The van der Waals surface area contributed by atoms with Crippen LogP contribution in [0.5, 0.6) is 0 Å². The summed E-state index contributed by atoms with van der Waals surface area (Å²) in [5, 5.41) is 0. The van der Waals surface area contributed by atoms with Crippen LogP contribution in [0.4, 0.5) is 5.69 Å². The number of hydrogen-bond acceptors (Lipinski definition) is 3. The second-order valence-corrected chi connectivity index (χ2v) is 4.21. The Hall–Kier alpha value is -1.16. The molecule has 1 unspecified atom stereocenters. The van der Waals surface area contributed by atoms with Gasteiger partial charge < -0.3 is 11.5 Å². The normalized spacial score (nSPS) is 12.4. The maximum atomic E-state index is 10.8. The number of primary amides is 1. The molecule has 76 valence electrons. The molecule has 1 aromatic carbocycles. The topological polar surface area (TPSA) is 69.1 Å². The van der Waals surface area contributed by atoms with Crippen LogP contribution in [0.1, 0.15) is 6.92 Å². The number of thioether (sulfide) groups is 1. The fraction of sp³-hybridized carbons (Fsp3) is 0.300. The lowest BCUT2D eigenvalue weighted by molar-refractivity contribution is -0.120. The van der Waals surface area contributed by atoms with E-state index in [4.69, 9.17) is 11.5 Å². The van der Waals surface area contributed by atoms with E-state index in [1.54, 1.807) is 11.8 Å². The van der Waals surface area contributed by atoms with E-state index in [2.05, 4.69) is 0 Å². The largest absolute Gasteiger partial charge is 0.398 e.